The molecular formula is C22H24N2O2. The van der Waals surface area contributed by atoms with Gasteiger partial charge in [0.25, 0.3) is 0 Å². The van der Waals surface area contributed by atoms with Crippen molar-refractivity contribution < 1.29 is 9.21 Å². The molecule has 2 aromatic carbocycles. The van der Waals surface area contributed by atoms with Crippen LogP contribution in [0.1, 0.15) is 22.5 Å². The van der Waals surface area contributed by atoms with Crippen molar-refractivity contribution in [3.63, 3.8) is 0 Å². The van der Waals surface area contributed by atoms with Gasteiger partial charge in [-0.05, 0) is 48.7 Å². The van der Waals surface area contributed by atoms with Crippen LogP contribution in [0.15, 0.2) is 71.3 Å². The maximum absolute atomic E-state index is 12.6. The molecule has 0 spiro atoms. The Hall–Kier alpha value is -2.85. The first-order valence-electron chi connectivity index (χ1n) is 8.76. The van der Waals surface area contributed by atoms with Crippen LogP contribution in [0.25, 0.3) is 0 Å². The van der Waals surface area contributed by atoms with Crippen LogP contribution in [-0.2, 0) is 17.9 Å². The van der Waals surface area contributed by atoms with Gasteiger partial charge in [0.15, 0.2) is 0 Å². The van der Waals surface area contributed by atoms with Gasteiger partial charge in [-0.2, -0.15) is 0 Å². The number of aryl methyl sites for hydroxylation is 1. The molecule has 0 fully saturated rings. The number of benzene rings is 2. The average Bonchev–Trinajstić information content (AvgIpc) is 3.13. The Morgan fingerprint density at radius 1 is 0.962 bits per heavy atom. The van der Waals surface area contributed by atoms with Crippen LogP contribution in [0.4, 0.5) is 5.69 Å². The van der Waals surface area contributed by atoms with Crippen molar-refractivity contribution in [2.24, 2.45) is 0 Å². The molecule has 0 bridgehead atoms. The zero-order valence-corrected chi connectivity index (χ0v) is 15.2. The summed E-state index contributed by atoms with van der Waals surface area (Å²) in [5, 5.41) is 3.04. The van der Waals surface area contributed by atoms with E-state index >= 15 is 0 Å². The molecule has 1 aromatic heterocycles. The highest BCUT2D eigenvalue weighted by atomic mass is 16.3. The van der Waals surface area contributed by atoms with Crippen LogP contribution in [0.2, 0.25) is 0 Å². The standard InChI is InChI=1S/C22H24N2O2/c1-17-8-6-12-21(18(17)2)23-22(25)16-24(15-20-11-7-13-26-20)14-19-9-4-3-5-10-19/h3-13H,14-16H2,1-2H3,(H,23,25). The van der Waals surface area contributed by atoms with Crippen LogP contribution in [0.3, 0.4) is 0 Å². The lowest BCUT2D eigenvalue weighted by Gasteiger charge is -2.21. The third-order valence-electron chi connectivity index (χ3n) is 4.45. The molecule has 0 aliphatic carbocycles. The summed E-state index contributed by atoms with van der Waals surface area (Å²) < 4.78 is 5.46. The Balaban J connectivity index is 1.69. The van der Waals surface area contributed by atoms with Crippen LogP contribution in [0.5, 0.6) is 0 Å². The van der Waals surface area contributed by atoms with Gasteiger partial charge in [-0.1, -0.05) is 42.5 Å². The summed E-state index contributed by atoms with van der Waals surface area (Å²) in [5.74, 6) is 0.821. The number of nitrogens with one attached hydrogen (secondary N) is 1. The Morgan fingerprint density at radius 2 is 1.77 bits per heavy atom. The molecule has 0 aliphatic heterocycles. The number of hydrogen-bond acceptors (Lipinski definition) is 3. The maximum atomic E-state index is 12.6. The molecule has 4 heteroatoms. The highest BCUT2D eigenvalue weighted by molar-refractivity contribution is 5.93. The largest absolute Gasteiger partial charge is 0.468 e. The fraction of sp³-hybridized carbons (Fsp3) is 0.227. The minimum absolute atomic E-state index is 0.0267. The van der Waals surface area contributed by atoms with Gasteiger partial charge in [-0.3, -0.25) is 9.69 Å². The van der Waals surface area contributed by atoms with E-state index in [2.05, 4.69) is 22.3 Å². The smallest absolute Gasteiger partial charge is 0.238 e. The Labute approximate surface area is 154 Å². The molecule has 1 N–H and O–H groups in total. The third-order valence-corrected chi connectivity index (χ3v) is 4.45. The second kappa shape index (κ2) is 8.50. The van der Waals surface area contributed by atoms with Crippen molar-refractivity contribution in [1.29, 1.82) is 0 Å². The summed E-state index contributed by atoms with van der Waals surface area (Å²) >= 11 is 0. The van der Waals surface area contributed by atoms with Gasteiger partial charge >= 0.3 is 0 Å². The van der Waals surface area contributed by atoms with Gasteiger partial charge in [0.2, 0.25) is 5.91 Å². The number of carbonyl (C=O) groups is 1. The van der Waals surface area contributed by atoms with E-state index < -0.39 is 0 Å². The maximum Gasteiger partial charge on any atom is 0.238 e. The Morgan fingerprint density at radius 3 is 2.50 bits per heavy atom. The van der Waals surface area contributed by atoms with E-state index in [-0.39, 0.29) is 5.91 Å². The van der Waals surface area contributed by atoms with Crippen LogP contribution < -0.4 is 5.32 Å². The highest BCUT2D eigenvalue weighted by Crippen LogP contribution is 2.18. The van der Waals surface area contributed by atoms with Crippen molar-refractivity contribution >= 4 is 11.6 Å². The molecule has 1 heterocycles. The number of hydrogen-bond donors (Lipinski definition) is 1. The second-order valence-corrected chi connectivity index (χ2v) is 6.51. The summed E-state index contributed by atoms with van der Waals surface area (Å²) in [4.78, 5) is 14.7. The zero-order valence-electron chi connectivity index (χ0n) is 15.2. The first-order valence-corrected chi connectivity index (χ1v) is 8.76. The number of furan rings is 1. The number of anilines is 1. The first kappa shape index (κ1) is 18.0. The lowest BCUT2D eigenvalue weighted by atomic mass is 10.1. The van der Waals surface area contributed by atoms with E-state index in [1.807, 2.05) is 62.4 Å². The predicted octanol–water partition coefficient (Wildman–Crippen LogP) is 4.54. The van der Waals surface area contributed by atoms with Crippen molar-refractivity contribution in [2.45, 2.75) is 26.9 Å². The molecule has 134 valence electrons. The van der Waals surface area contributed by atoms with E-state index in [4.69, 9.17) is 4.42 Å². The molecular weight excluding hydrogens is 324 g/mol. The molecule has 1 amide bonds. The third kappa shape index (κ3) is 4.83. The van der Waals surface area contributed by atoms with Gasteiger partial charge < -0.3 is 9.73 Å². The fourth-order valence-corrected chi connectivity index (χ4v) is 2.91. The first-order chi connectivity index (χ1) is 12.6. The average molecular weight is 348 g/mol. The topological polar surface area (TPSA) is 45.5 Å². The van der Waals surface area contributed by atoms with Gasteiger partial charge in [0.05, 0.1) is 19.4 Å². The summed E-state index contributed by atoms with van der Waals surface area (Å²) in [6.45, 7) is 5.63. The van der Waals surface area contributed by atoms with Gasteiger partial charge in [0, 0.05) is 12.2 Å². The number of amides is 1. The molecule has 0 aliphatic rings. The summed E-state index contributed by atoms with van der Waals surface area (Å²) in [7, 11) is 0. The molecule has 0 unspecified atom stereocenters. The summed E-state index contributed by atoms with van der Waals surface area (Å²) in [6.07, 6.45) is 1.66. The van der Waals surface area contributed by atoms with E-state index in [1.54, 1.807) is 6.26 Å². The normalized spacial score (nSPS) is 10.9. The van der Waals surface area contributed by atoms with E-state index in [0.717, 1.165) is 17.0 Å². The fourth-order valence-electron chi connectivity index (χ4n) is 2.91. The molecule has 26 heavy (non-hydrogen) atoms. The van der Waals surface area contributed by atoms with E-state index in [9.17, 15) is 4.79 Å². The number of carbonyl (C=O) groups excluding carboxylic acids is 1. The van der Waals surface area contributed by atoms with Crippen molar-refractivity contribution in [2.75, 3.05) is 11.9 Å². The predicted molar refractivity (Wildman–Crippen MR) is 104 cm³/mol. The van der Waals surface area contributed by atoms with Gasteiger partial charge in [-0.25, -0.2) is 0 Å². The quantitative estimate of drug-likeness (QED) is 0.682. The zero-order chi connectivity index (χ0) is 18.4. The molecule has 0 saturated heterocycles. The number of nitrogens with zero attached hydrogens (tertiary/aromatic N) is 1. The molecule has 0 radical (unpaired) electrons. The van der Waals surface area contributed by atoms with Gasteiger partial charge in [-0.15, -0.1) is 0 Å². The van der Waals surface area contributed by atoms with Crippen molar-refractivity contribution in [1.82, 2.24) is 4.90 Å². The molecule has 0 atom stereocenters. The number of rotatable bonds is 7. The minimum Gasteiger partial charge on any atom is -0.468 e. The van der Waals surface area contributed by atoms with E-state index in [0.29, 0.717) is 19.6 Å². The van der Waals surface area contributed by atoms with Gasteiger partial charge in [0.1, 0.15) is 5.76 Å². The Kier molecular flexibility index (Phi) is 5.87. The second-order valence-electron chi connectivity index (χ2n) is 6.51. The lowest BCUT2D eigenvalue weighted by molar-refractivity contribution is -0.117. The van der Waals surface area contributed by atoms with Crippen LogP contribution in [-0.4, -0.2) is 17.4 Å². The molecule has 0 saturated carbocycles. The van der Waals surface area contributed by atoms with Crippen LogP contribution in [0, 0.1) is 13.8 Å². The SMILES string of the molecule is Cc1cccc(NC(=O)CN(Cc2ccccc2)Cc2ccco2)c1C. The van der Waals surface area contributed by atoms with E-state index in [1.165, 1.54) is 11.1 Å². The molecule has 3 rings (SSSR count). The minimum atomic E-state index is -0.0267. The summed E-state index contributed by atoms with van der Waals surface area (Å²) in [5.41, 5.74) is 4.30. The summed E-state index contributed by atoms with van der Waals surface area (Å²) in [6, 6.07) is 19.9. The van der Waals surface area contributed by atoms with Crippen molar-refractivity contribution in [3.8, 4) is 0 Å². The Bertz CT molecular complexity index is 842. The highest BCUT2D eigenvalue weighted by Gasteiger charge is 2.14. The molecule has 3 aromatic rings. The monoisotopic (exact) mass is 348 g/mol. The van der Waals surface area contributed by atoms with Crippen molar-refractivity contribution in [3.05, 3.63) is 89.4 Å². The van der Waals surface area contributed by atoms with Crippen LogP contribution >= 0.6 is 0 Å². The lowest BCUT2D eigenvalue weighted by Crippen LogP contribution is -2.32. The molecule has 4 nitrogen and oxygen atoms in total.